The predicted molar refractivity (Wildman–Crippen MR) is 156 cm³/mol. The zero-order valence-corrected chi connectivity index (χ0v) is 23.1. The number of rotatable bonds is 3. The SMILES string of the molecule is CC(=O)c1ccc(N2C(=O)[C@H]3[C@H](CC=C4[C@H](c5ccc6ccccc6c5O)C5=C(C[C@H]43)C(=O)C(C)=CC5=O)C2=O)cc1. The molecule has 0 unspecified atom stereocenters. The van der Waals surface area contributed by atoms with Crippen molar-refractivity contribution >= 4 is 45.6 Å². The number of benzene rings is 3. The van der Waals surface area contributed by atoms with Crippen molar-refractivity contribution in [3.8, 4) is 5.75 Å². The van der Waals surface area contributed by atoms with Gasteiger partial charge in [0.1, 0.15) is 5.75 Å². The van der Waals surface area contributed by atoms with E-state index in [0.29, 0.717) is 45.3 Å². The summed E-state index contributed by atoms with van der Waals surface area (Å²) >= 11 is 0. The van der Waals surface area contributed by atoms with Crippen molar-refractivity contribution in [1.82, 2.24) is 0 Å². The van der Waals surface area contributed by atoms with Gasteiger partial charge >= 0.3 is 0 Å². The molecule has 7 nitrogen and oxygen atoms in total. The maximum Gasteiger partial charge on any atom is 0.238 e. The Hall–Kier alpha value is -4.91. The normalized spacial score (nSPS) is 25.2. The van der Waals surface area contributed by atoms with E-state index >= 15 is 0 Å². The van der Waals surface area contributed by atoms with Gasteiger partial charge in [0.2, 0.25) is 11.8 Å². The summed E-state index contributed by atoms with van der Waals surface area (Å²) in [6, 6.07) is 17.5. The van der Waals surface area contributed by atoms with Gasteiger partial charge in [0, 0.05) is 39.2 Å². The quantitative estimate of drug-likeness (QED) is 0.200. The van der Waals surface area contributed by atoms with Crippen LogP contribution in [0.2, 0.25) is 0 Å². The van der Waals surface area contributed by atoms with Gasteiger partial charge in [-0.05, 0) is 68.3 Å². The largest absolute Gasteiger partial charge is 0.507 e. The number of aromatic hydroxyl groups is 1. The molecule has 7 rings (SSSR count). The van der Waals surface area contributed by atoms with Gasteiger partial charge < -0.3 is 5.11 Å². The summed E-state index contributed by atoms with van der Waals surface area (Å²) in [5.41, 5.74) is 3.18. The number of ketones is 3. The molecule has 0 aromatic heterocycles. The van der Waals surface area contributed by atoms with Crippen LogP contribution in [0.25, 0.3) is 10.8 Å². The molecule has 2 amide bonds. The van der Waals surface area contributed by atoms with E-state index in [-0.39, 0.29) is 41.3 Å². The van der Waals surface area contributed by atoms with Gasteiger partial charge in [-0.25, -0.2) is 0 Å². The van der Waals surface area contributed by atoms with E-state index in [4.69, 9.17) is 0 Å². The highest BCUT2D eigenvalue weighted by Crippen LogP contribution is 2.56. The van der Waals surface area contributed by atoms with Crippen molar-refractivity contribution in [3.05, 3.63) is 106 Å². The minimum Gasteiger partial charge on any atom is -0.507 e. The van der Waals surface area contributed by atoms with Gasteiger partial charge in [-0.3, -0.25) is 28.9 Å². The van der Waals surface area contributed by atoms with Crippen LogP contribution in [0.1, 0.15) is 48.5 Å². The van der Waals surface area contributed by atoms with Crippen LogP contribution in [0.5, 0.6) is 5.75 Å². The first-order valence-electron chi connectivity index (χ1n) is 14.1. The van der Waals surface area contributed by atoms with Crippen LogP contribution >= 0.6 is 0 Å². The fourth-order valence-electron chi connectivity index (χ4n) is 7.34. The maximum absolute atomic E-state index is 14.1. The van der Waals surface area contributed by atoms with E-state index in [1.54, 1.807) is 43.3 Å². The number of anilines is 1. The Balaban J connectivity index is 1.37. The molecular formula is C35H27NO6. The Morgan fingerprint density at radius 2 is 1.64 bits per heavy atom. The molecule has 1 fully saturated rings. The van der Waals surface area contributed by atoms with Crippen molar-refractivity contribution in [2.24, 2.45) is 17.8 Å². The fourth-order valence-corrected chi connectivity index (χ4v) is 7.34. The smallest absolute Gasteiger partial charge is 0.238 e. The lowest BCUT2D eigenvalue weighted by atomic mass is 9.59. The second-order valence-corrected chi connectivity index (χ2v) is 11.6. The van der Waals surface area contributed by atoms with Crippen molar-refractivity contribution < 1.29 is 29.1 Å². The molecule has 208 valence electrons. The summed E-state index contributed by atoms with van der Waals surface area (Å²) in [5, 5.41) is 13.0. The Kier molecular flexibility index (Phi) is 5.77. The first-order chi connectivity index (χ1) is 20.2. The number of hydrogen-bond acceptors (Lipinski definition) is 6. The van der Waals surface area contributed by atoms with Crippen molar-refractivity contribution in [2.75, 3.05) is 4.90 Å². The van der Waals surface area contributed by atoms with Gasteiger partial charge in [0.05, 0.1) is 17.5 Å². The van der Waals surface area contributed by atoms with Crippen LogP contribution in [0.3, 0.4) is 0 Å². The van der Waals surface area contributed by atoms with Crippen LogP contribution < -0.4 is 4.90 Å². The molecule has 1 saturated heterocycles. The lowest BCUT2D eigenvalue weighted by Gasteiger charge is -2.42. The first kappa shape index (κ1) is 26.0. The molecule has 0 radical (unpaired) electrons. The van der Waals surface area contributed by atoms with Crippen LogP contribution in [0.15, 0.2) is 95.1 Å². The van der Waals surface area contributed by atoms with Gasteiger partial charge in [-0.2, -0.15) is 0 Å². The second-order valence-electron chi connectivity index (χ2n) is 11.6. The Bertz CT molecular complexity index is 1870. The number of amides is 2. The Morgan fingerprint density at radius 3 is 2.38 bits per heavy atom. The molecule has 4 atom stereocenters. The third kappa shape index (κ3) is 3.62. The monoisotopic (exact) mass is 557 g/mol. The summed E-state index contributed by atoms with van der Waals surface area (Å²) in [6.07, 6.45) is 3.76. The average Bonchev–Trinajstić information content (AvgIpc) is 3.25. The molecule has 1 aliphatic heterocycles. The number of phenols is 1. The van der Waals surface area contributed by atoms with Crippen LogP contribution in [0.4, 0.5) is 5.69 Å². The van der Waals surface area contributed by atoms with Crippen molar-refractivity contribution in [1.29, 1.82) is 0 Å². The predicted octanol–water partition coefficient (Wildman–Crippen LogP) is 5.38. The van der Waals surface area contributed by atoms with Crippen molar-refractivity contribution in [2.45, 2.75) is 32.6 Å². The molecule has 7 heteroatoms. The minimum absolute atomic E-state index is 0.0289. The molecule has 3 aliphatic carbocycles. The third-order valence-electron chi connectivity index (χ3n) is 9.34. The lowest BCUT2D eigenvalue weighted by Crippen LogP contribution is -2.39. The van der Waals surface area contributed by atoms with Crippen LogP contribution in [-0.4, -0.2) is 34.3 Å². The summed E-state index contributed by atoms with van der Waals surface area (Å²) in [6.45, 7) is 3.06. The number of Topliss-reactive ketones (excluding diaryl/α,β-unsaturated/α-hetero) is 2. The van der Waals surface area contributed by atoms with E-state index in [1.165, 1.54) is 17.9 Å². The molecule has 0 bridgehead atoms. The Morgan fingerprint density at radius 1 is 0.905 bits per heavy atom. The van der Waals surface area contributed by atoms with Gasteiger partial charge in [-0.15, -0.1) is 0 Å². The third-order valence-corrected chi connectivity index (χ3v) is 9.34. The first-order valence-corrected chi connectivity index (χ1v) is 14.1. The number of allylic oxidation sites excluding steroid dienone is 6. The van der Waals surface area contributed by atoms with E-state index < -0.39 is 23.7 Å². The maximum atomic E-state index is 14.1. The van der Waals surface area contributed by atoms with Crippen LogP contribution in [-0.2, 0) is 19.2 Å². The molecule has 42 heavy (non-hydrogen) atoms. The number of fused-ring (bicyclic) bond motifs is 4. The standard InChI is InChI=1S/C35H27NO6/c1-17-15-28(38)31-27(32(17)39)16-26-23(29(31)24-12-9-20-5-3-4-6-22(20)33(24)40)13-14-25-30(26)35(42)36(34(25)41)21-10-7-19(8-11-21)18(2)37/h3-13,15,25-26,29-30,40H,14,16H2,1-2H3/t25-,26+,29+,30-/m0/s1. The van der Waals surface area contributed by atoms with Gasteiger partial charge in [0.25, 0.3) is 0 Å². The molecule has 0 saturated carbocycles. The Labute approximate surface area is 241 Å². The van der Waals surface area contributed by atoms with E-state index in [1.807, 2.05) is 30.3 Å². The number of carbonyl (C=O) groups excluding carboxylic acids is 5. The lowest BCUT2D eigenvalue weighted by molar-refractivity contribution is -0.123. The van der Waals surface area contributed by atoms with Gasteiger partial charge in [-0.1, -0.05) is 48.0 Å². The highest BCUT2D eigenvalue weighted by molar-refractivity contribution is 6.25. The number of hydrogen-bond donors (Lipinski definition) is 1. The van der Waals surface area contributed by atoms with E-state index in [9.17, 15) is 29.1 Å². The number of imide groups is 1. The summed E-state index contributed by atoms with van der Waals surface area (Å²) in [4.78, 5) is 67.7. The zero-order valence-electron chi connectivity index (χ0n) is 23.1. The van der Waals surface area contributed by atoms with Crippen molar-refractivity contribution in [3.63, 3.8) is 0 Å². The summed E-state index contributed by atoms with van der Waals surface area (Å²) < 4.78 is 0. The fraction of sp³-hybridized carbons (Fsp3) is 0.229. The second kappa shape index (κ2) is 9.31. The van der Waals surface area contributed by atoms with E-state index in [2.05, 4.69) is 0 Å². The molecular weight excluding hydrogens is 530 g/mol. The molecule has 3 aromatic carbocycles. The molecule has 4 aliphatic rings. The highest BCUT2D eigenvalue weighted by Gasteiger charge is 2.56. The molecule has 3 aromatic rings. The average molecular weight is 558 g/mol. The summed E-state index contributed by atoms with van der Waals surface area (Å²) in [7, 11) is 0. The molecule has 1 heterocycles. The number of phenolic OH excluding ortho intramolecular Hbond substituents is 1. The molecule has 0 spiro atoms. The number of nitrogens with zero attached hydrogens (tertiary/aromatic N) is 1. The van der Waals surface area contributed by atoms with E-state index in [0.717, 1.165) is 11.0 Å². The minimum atomic E-state index is -0.725. The number of carbonyl (C=O) groups is 5. The molecule has 1 N–H and O–H groups in total. The zero-order chi connectivity index (χ0) is 29.4. The topological polar surface area (TPSA) is 109 Å². The summed E-state index contributed by atoms with van der Waals surface area (Å²) in [5.74, 6) is -3.85. The highest BCUT2D eigenvalue weighted by atomic mass is 16.3. The van der Waals surface area contributed by atoms with Crippen LogP contribution in [0, 0.1) is 17.8 Å². The van der Waals surface area contributed by atoms with Gasteiger partial charge in [0.15, 0.2) is 17.3 Å².